The highest BCUT2D eigenvalue weighted by atomic mass is 32.1. The Morgan fingerprint density at radius 2 is 1.93 bits per heavy atom. The third-order valence-electron chi connectivity index (χ3n) is 5.08. The van der Waals surface area contributed by atoms with Crippen molar-refractivity contribution in [2.75, 3.05) is 6.61 Å². The van der Waals surface area contributed by atoms with Crippen LogP contribution in [0.3, 0.4) is 0 Å². The Hall–Kier alpha value is -3.19. The lowest BCUT2D eigenvalue weighted by Crippen LogP contribution is -2.37. The summed E-state index contributed by atoms with van der Waals surface area (Å²) in [7, 11) is 0. The number of rotatable bonds is 6. The van der Waals surface area contributed by atoms with Crippen LogP contribution in [0, 0.1) is 6.92 Å². The smallest absolute Gasteiger partial charge is 0.276 e. The monoisotopic (exact) mass is 421 g/mol. The Morgan fingerprint density at radius 3 is 2.73 bits per heavy atom. The summed E-state index contributed by atoms with van der Waals surface area (Å²) in [6.07, 6.45) is 0. The number of fused-ring (bicyclic) bond motifs is 3. The van der Waals surface area contributed by atoms with Crippen molar-refractivity contribution in [1.29, 1.82) is 0 Å². The molecule has 1 atom stereocenters. The van der Waals surface area contributed by atoms with E-state index in [2.05, 4.69) is 10.4 Å². The van der Waals surface area contributed by atoms with Crippen molar-refractivity contribution >= 4 is 37.4 Å². The largest absolute Gasteiger partial charge is 0.494 e. The van der Waals surface area contributed by atoms with Crippen molar-refractivity contribution in [2.45, 2.75) is 33.4 Å². The fourth-order valence-electron chi connectivity index (χ4n) is 3.53. The number of aryl methyl sites for hydroxylation is 1. The van der Waals surface area contributed by atoms with E-state index in [-0.39, 0.29) is 11.5 Å². The molecule has 0 saturated heterocycles. The van der Waals surface area contributed by atoms with Gasteiger partial charge in [0.15, 0.2) is 0 Å². The summed E-state index contributed by atoms with van der Waals surface area (Å²) in [4.78, 5) is 26.1. The van der Waals surface area contributed by atoms with Gasteiger partial charge in [0.25, 0.3) is 5.56 Å². The van der Waals surface area contributed by atoms with Crippen LogP contribution in [0.4, 0.5) is 0 Å². The fourth-order valence-corrected chi connectivity index (χ4v) is 4.66. The van der Waals surface area contributed by atoms with Gasteiger partial charge < -0.3 is 10.1 Å². The normalized spacial score (nSPS) is 12.2. The van der Waals surface area contributed by atoms with E-state index in [0.29, 0.717) is 18.5 Å². The Balaban J connectivity index is 1.64. The highest BCUT2D eigenvalue weighted by Gasteiger charge is 2.22. The van der Waals surface area contributed by atoms with Crippen LogP contribution in [0.15, 0.2) is 53.3 Å². The molecule has 2 aromatic carbocycles. The number of nitrogens with zero attached hydrogens (tertiary/aromatic N) is 2. The molecule has 0 fully saturated rings. The van der Waals surface area contributed by atoms with E-state index >= 15 is 0 Å². The Bertz CT molecular complexity index is 1290. The maximum absolute atomic E-state index is 13.2. The average molecular weight is 422 g/mol. The lowest BCUT2D eigenvalue weighted by Gasteiger charge is -2.16. The SMILES string of the molecule is CCOc1ccccc1CNC(=O)C(C)n1nc(C)c2sc3ccccc3c2c1=O. The van der Waals surface area contributed by atoms with Gasteiger partial charge in [-0.05, 0) is 32.9 Å². The molecule has 6 nitrogen and oxygen atoms in total. The van der Waals surface area contributed by atoms with Crippen LogP contribution < -0.4 is 15.6 Å². The predicted molar refractivity (Wildman–Crippen MR) is 120 cm³/mol. The number of hydrogen-bond donors (Lipinski definition) is 1. The van der Waals surface area contributed by atoms with Gasteiger partial charge in [-0.1, -0.05) is 36.4 Å². The summed E-state index contributed by atoms with van der Waals surface area (Å²) in [5.41, 5.74) is 1.38. The number of ether oxygens (including phenoxy) is 1. The standard InChI is InChI=1S/C23H23N3O3S/c1-4-29-18-11-7-5-9-16(18)13-24-22(27)15(3)26-23(28)20-17-10-6-8-12-19(17)30-21(20)14(2)25-26/h5-12,15H,4,13H2,1-3H3,(H,24,27). The van der Waals surface area contributed by atoms with E-state index in [1.54, 1.807) is 18.3 Å². The molecule has 0 bridgehead atoms. The minimum Gasteiger partial charge on any atom is -0.494 e. The molecule has 4 aromatic rings. The zero-order chi connectivity index (χ0) is 21.3. The zero-order valence-electron chi connectivity index (χ0n) is 17.1. The van der Waals surface area contributed by atoms with Gasteiger partial charge in [0.05, 0.1) is 22.4 Å². The van der Waals surface area contributed by atoms with E-state index in [0.717, 1.165) is 31.8 Å². The molecule has 30 heavy (non-hydrogen) atoms. The van der Waals surface area contributed by atoms with E-state index in [4.69, 9.17) is 4.74 Å². The topological polar surface area (TPSA) is 73.2 Å². The molecule has 0 aliphatic heterocycles. The van der Waals surface area contributed by atoms with E-state index < -0.39 is 6.04 Å². The first-order chi connectivity index (χ1) is 14.5. The molecule has 7 heteroatoms. The highest BCUT2D eigenvalue weighted by Crippen LogP contribution is 2.32. The second-order valence-electron chi connectivity index (χ2n) is 7.07. The number of benzene rings is 2. The van der Waals surface area contributed by atoms with Gasteiger partial charge in [-0.15, -0.1) is 11.3 Å². The second-order valence-corrected chi connectivity index (χ2v) is 8.12. The zero-order valence-corrected chi connectivity index (χ0v) is 18.0. The maximum atomic E-state index is 13.2. The summed E-state index contributed by atoms with van der Waals surface area (Å²) >= 11 is 1.55. The molecule has 1 unspecified atom stereocenters. The van der Waals surface area contributed by atoms with Crippen LogP contribution in [-0.2, 0) is 11.3 Å². The Labute approximate surface area is 178 Å². The lowest BCUT2D eigenvalue weighted by molar-refractivity contribution is -0.124. The number of carbonyl (C=O) groups is 1. The molecule has 0 aliphatic rings. The molecule has 0 saturated carbocycles. The van der Waals surface area contributed by atoms with E-state index in [1.165, 1.54) is 4.68 Å². The first-order valence-electron chi connectivity index (χ1n) is 9.90. The van der Waals surface area contributed by atoms with Gasteiger partial charge in [0.2, 0.25) is 5.91 Å². The average Bonchev–Trinajstić information content (AvgIpc) is 3.16. The van der Waals surface area contributed by atoms with E-state index in [1.807, 2.05) is 62.4 Å². The van der Waals surface area contributed by atoms with Crippen molar-refractivity contribution in [3.63, 3.8) is 0 Å². The molecule has 4 rings (SSSR count). The summed E-state index contributed by atoms with van der Waals surface area (Å²) in [5, 5.41) is 8.89. The summed E-state index contributed by atoms with van der Waals surface area (Å²) < 4.78 is 8.81. The van der Waals surface area contributed by atoms with E-state index in [9.17, 15) is 9.59 Å². The summed E-state index contributed by atoms with van der Waals surface area (Å²) in [6.45, 7) is 6.35. The third kappa shape index (κ3) is 3.57. The van der Waals surface area contributed by atoms with Gasteiger partial charge in [0.1, 0.15) is 11.8 Å². The van der Waals surface area contributed by atoms with Crippen molar-refractivity contribution < 1.29 is 9.53 Å². The van der Waals surface area contributed by atoms with Crippen LogP contribution in [0.5, 0.6) is 5.75 Å². The lowest BCUT2D eigenvalue weighted by atomic mass is 10.1. The highest BCUT2D eigenvalue weighted by molar-refractivity contribution is 7.26. The van der Waals surface area contributed by atoms with Gasteiger partial charge in [0, 0.05) is 22.2 Å². The second kappa shape index (κ2) is 8.28. The molecular weight excluding hydrogens is 398 g/mol. The van der Waals surface area contributed by atoms with Crippen LogP contribution in [0.1, 0.15) is 31.1 Å². The molecule has 0 radical (unpaired) electrons. The van der Waals surface area contributed by atoms with Crippen molar-refractivity contribution in [3.8, 4) is 5.75 Å². The summed E-state index contributed by atoms with van der Waals surface area (Å²) in [6, 6.07) is 14.6. The molecule has 154 valence electrons. The number of aromatic nitrogens is 2. The maximum Gasteiger partial charge on any atom is 0.276 e. The van der Waals surface area contributed by atoms with Gasteiger partial charge in [-0.2, -0.15) is 5.10 Å². The number of thiophene rings is 1. The Kier molecular flexibility index (Phi) is 5.55. The molecule has 1 amide bonds. The quantitative estimate of drug-likeness (QED) is 0.507. The van der Waals surface area contributed by atoms with Crippen molar-refractivity contribution in [1.82, 2.24) is 15.1 Å². The number of hydrogen-bond acceptors (Lipinski definition) is 5. The molecule has 1 N–H and O–H groups in total. The predicted octanol–water partition coefficient (Wildman–Crippen LogP) is 4.20. The molecule has 2 aromatic heterocycles. The number of amides is 1. The number of nitrogens with one attached hydrogen (secondary N) is 1. The number of para-hydroxylation sites is 1. The molecule has 0 spiro atoms. The number of carbonyl (C=O) groups excluding carboxylic acids is 1. The van der Waals surface area contributed by atoms with Gasteiger partial charge in [-0.25, -0.2) is 4.68 Å². The molecular formula is C23H23N3O3S. The van der Waals surface area contributed by atoms with Crippen LogP contribution in [-0.4, -0.2) is 22.3 Å². The van der Waals surface area contributed by atoms with Gasteiger partial charge >= 0.3 is 0 Å². The van der Waals surface area contributed by atoms with Crippen LogP contribution in [0.2, 0.25) is 0 Å². The minimum atomic E-state index is -0.737. The molecule has 0 aliphatic carbocycles. The minimum absolute atomic E-state index is 0.245. The van der Waals surface area contributed by atoms with Gasteiger partial charge in [-0.3, -0.25) is 9.59 Å². The first kappa shape index (κ1) is 20.1. The van der Waals surface area contributed by atoms with Crippen LogP contribution in [0.25, 0.3) is 20.2 Å². The van der Waals surface area contributed by atoms with Crippen molar-refractivity contribution in [2.24, 2.45) is 0 Å². The fraction of sp³-hybridized carbons (Fsp3) is 0.261. The summed E-state index contributed by atoms with van der Waals surface area (Å²) in [5.74, 6) is 0.472. The first-order valence-corrected chi connectivity index (χ1v) is 10.7. The third-order valence-corrected chi connectivity index (χ3v) is 6.36. The Morgan fingerprint density at radius 1 is 1.20 bits per heavy atom. The van der Waals surface area contributed by atoms with Crippen molar-refractivity contribution in [3.05, 3.63) is 70.1 Å². The van der Waals surface area contributed by atoms with Crippen LogP contribution >= 0.6 is 11.3 Å². The molecule has 2 heterocycles.